The van der Waals surface area contributed by atoms with Crippen molar-refractivity contribution >= 4 is 17.2 Å². The summed E-state index contributed by atoms with van der Waals surface area (Å²) < 4.78 is 1.59. The van der Waals surface area contributed by atoms with E-state index >= 15 is 0 Å². The van der Waals surface area contributed by atoms with E-state index < -0.39 is 12.4 Å². The lowest BCUT2D eigenvalue weighted by Gasteiger charge is -1.98. The summed E-state index contributed by atoms with van der Waals surface area (Å²) in [6, 6.07) is 0. The Morgan fingerprint density at radius 1 is 1.87 bits per heavy atom. The first-order valence-corrected chi connectivity index (χ1v) is 4.26. The standard InChI is InChI=1S/C9H12N4O2/c1-3-9(15)8(6-14)12-11-7-4-10-13(2)5-7/h3-5,11,14H,1,6H2,2H3/b12-8-. The second-order valence-corrected chi connectivity index (χ2v) is 2.80. The Hall–Kier alpha value is -1.95. The molecule has 0 aliphatic heterocycles. The zero-order valence-electron chi connectivity index (χ0n) is 8.34. The van der Waals surface area contributed by atoms with Crippen LogP contribution in [-0.2, 0) is 11.8 Å². The van der Waals surface area contributed by atoms with E-state index in [9.17, 15) is 4.79 Å². The van der Waals surface area contributed by atoms with Crippen molar-refractivity contribution in [2.24, 2.45) is 12.1 Å². The second-order valence-electron chi connectivity index (χ2n) is 2.80. The molecule has 0 unspecified atom stereocenters. The third-order valence-electron chi connectivity index (χ3n) is 1.64. The molecule has 6 nitrogen and oxygen atoms in total. The number of hydrogen-bond acceptors (Lipinski definition) is 5. The summed E-state index contributed by atoms with van der Waals surface area (Å²) in [5.41, 5.74) is 3.26. The van der Waals surface area contributed by atoms with Crippen molar-refractivity contribution in [1.82, 2.24) is 9.78 Å². The molecule has 0 bridgehead atoms. The molecule has 0 aromatic carbocycles. The Balaban J connectivity index is 2.70. The Labute approximate surface area is 86.9 Å². The zero-order chi connectivity index (χ0) is 11.3. The van der Waals surface area contributed by atoms with Gasteiger partial charge in [-0.3, -0.25) is 14.9 Å². The van der Waals surface area contributed by atoms with Crippen molar-refractivity contribution in [3.63, 3.8) is 0 Å². The molecule has 1 rings (SSSR count). The van der Waals surface area contributed by atoms with Gasteiger partial charge in [-0.25, -0.2) is 0 Å². The van der Waals surface area contributed by atoms with E-state index in [1.165, 1.54) is 0 Å². The molecule has 6 heteroatoms. The summed E-state index contributed by atoms with van der Waals surface area (Å²) in [5, 5.41) is 16.5. The first kappa shape index (κ1) is 11.1. The number of nitrogens with zero attached hydrogens (tertiary/aromatic N) is 3. The van der Waals surface area contributed by atoms with Gasteiger partial charge in [0.2, 0.25) is 5.78 Å². The van der Waals surface area contributed by atoms with Crippen molar-refractivity contribution < 1.29 is 9.90 Å². The number of aliphatic hydroxyl groups excluding tert-OH is 1. The Kier molecular flexibility index (Phi) is 3.75. The van der Waals surface area contributed by atoms with Gasteiger partial charge in [0.15, 0.2) is 0 Å². The molecule has 80 valence electrons. The molecule has 0 amide bonds. The van der Waals surface area contributed by atoms with Gasteiger partial charge in [-0.15, -0.1) is 0 Å². The van der Waals surface area contributed by atoms with Crippen molar-refractivity contribution in [2.45, 2.75) is 0 Å². The summed E-state index contributed by atoms with van der Waals surface area (Å²) in [5.74, 6) is -0.408. The van der Waals surface area contributed by atoms with Crippen molar-refractivity contribution in [2.75, 3.05) is 12.0 Å². The van der Waals surface area contributed by atoms with E-state index in [2.05, 4.69) is 22.2 Å². The van der Waals surface area contributed by atoms with Crippen molar-refractivity contribution in [1.29, 1.82) is 0 Å². The third kappa shape index (κ3) is 3.03. The minimum absolute atomic E-state index is 0.00820. The minimum atomic E-state index is -0.432. The second kappa shape index (κ2) is 5.06. The first-order valence-electron chi connectivity index (χ1n) is 4.26. The zero-order valence-corrected chi connectivity index (χ0v) is 8.34. The highest BCUT2D eigenvalue weighted by Crippen LogP contribution is 2.02. The number of carbonyl (C=O) groups is 1. The van der Waals surface area contributed by atoms with Crippen LogP contribution < -0.4 is 5.43 Å². The van der Waals surface area contributed by atoms with Gasteiger partial charge in [-0.05, 0) is 6.08 Å². The fraction of sp³-hybridized carbons (Fsp3) is 0.222. The van der Waals surface area contributed by atoms with Crippen LogP contribution in [0, 0.1) is 0 Å². The average molecular weight is 208 g/mol. The maximum absolute atomic E-state index is 11.1. The minimum Gasteiger partial charge on any atom is -0.390 e. The third-order valence-corrected chi connectivity index (χ3v) is 1.64. The molecule has 0 aliphatic rings. The highest BCUT2D eigenvalue weighted by Gasteiger charge is 2.05. The number of aromatic nitrogens is 2. The molecule has 0 saturated heterocycles. The lowest BCUT2D eigenvalue weighted by atomic mass is 10.2. The molecule has 1 heterocycles. The molecule has 2 N–H and O–H groups in total. The van der Waals surface area contributed by atoms with Crippen LogP contribution in [0.5, 0.6) is 0 Å². The first-order chi connectivity index (χ1) is 7.17. The van der Waals surface area contributed by atoms with Crippen LogP contribution in [0.3, 0.4) is 0 Å². The van der Waals surface area contributed by atoms with E-state index in [1.54, 1.807) is 24.1 Å². The fourth-order valence-corrected chi connectivity index (χ4v) is 0.897. The van der Waals surface area contributed by atoms with Gasteiger partial charge in [0.1, 0.15) is 5.71 Å². The van der Waals surface area contributed by atoms with E-state index in [1.807, 2.05) is 0 Å². The number of hydrazone groups is 1. The number of hydrogen-bond donors (Lipinski definition) is 2. The summed E-state index contributed by atoms with van der Waals surface area (Å²) in [7, 11) is 1.76. The monoisotopic (exact) mass is 208 g/mol. The molecule has 1 aromatic heterocycles. The Morgan fingerprint density at radius 3 is 3.07 bits per heavy atom. The van der Waals surface area contributed by atoms with Gasteiger partial charge >= 0.3 is 0 Å². The molecule has 0 fully saturated rings. The van der Waals surface area contributed by atoms with Gasteiger partial charge in [0, 0.05) is 13.2 Å². The van der Waals surface area contributed by atoms with Crippen LogP contribution in [0.2, 0.25) is 0 Å². The maximum Gasteiger partial charge on any atom is 0.203 e. The molecular weight excluding hydrogens is 196 g/mol. The van der Waals surface area contributed by atoms with Crippen LogP contribution in [-0.4, -0.2) is 33.0 Å². The highest BCUT2D eigenvalue weighted by molar-refractivity contribution is 6.44. The van der Waals surface area contributed by atoms with Crippen molar-refractivity contribution in [3.8, 4) is 0 Å². The number of nitrogens with one attached hydrogen (secondary N) is 1. The molecule has 0 aliphatic carbocycles. The van der Waals surface area contributed by atoms with Crippen LogP contribution in [0.15, 0.2) is 30.2 Å². The van der Waals surface area contributed by atoms with E-state index in [0.29, 0.717) is 5.69 Å². The largest absolute Gasteiger partial charge is 0.390 e. The lowest BCUT2D eigenvalue weighted by Crippen LogP contribution is -2.17. The topological polar surface area (TPSA) is 79.5 Å². The predicted octanol–water partition coefficient (Wildman–Crippen LogP) is -0.0646. The van der Waals surface area contributed by atoms with Crippen LogP contribution >= 0.6 is 0 Å². The SMILES string of the molecule is C=CC(=O)/C(CO)=N\Nc1cnn(C)c1. The van der Waals surface area contributed by atoms with Gasteiger partial charge in [-0.2, -0.15) is 10.2 Å². The fourth-order valence-electron chi connectivity index (χ4n) is 0.897. The average Bonchev–Trinajstić information content (AvgIpc) is 2.64. The number of allylic oxidation sites excluding steroid dienone is 1. The Bertz CT molecular complexity index is 395. The Morgan fingerprint density at radius 2 is 2.60 bits per heavy atom. The summed E-state index contributed by atoms with van der Waals surface area (Å²) in [4.78, 5) is 11.1. The smallest absolute Gasteiger partial charge is 0.203 e. The number of aliphatic hydroxyl groups is 1. The van der Waals surface area contributed by atoms with Gasteiger partial charge in [0.05, 0.1) is 18.5 Å². The summed E-state index contributed by atoms with van der Waals surface area (Å²) in [6.45, 7) is 2.87. The molecule has 1 aromatic rings. The number of ketones is 1. The van der Waals surface area contributed by atoms with Gasteiger partial charge in [0.25, 0.3) is 0 Å². The van der Waals surface area contributed by atoms with Gasteiger partial charge < -0.3 is 5.11 Å². The van der Waals surface area contributed by atoms with Crippen LogP contribution in [0.1, 0.15) is 0 Å². The molecule has 0 spiro atoms. The summed E-state index contributed by atoms with van der Waals surface area (Å²) in [6.07, 6.45) is 4.34. The molecule has 0 radical (unpaired) electrons. The van der Waals surface area contributed by atoms with Crippen molar-refractivity contribution in [3.05, 3.63) is 25.0 Å². The number of carbonyl (C=O) groups excluding carboxylic acids is 1. The highest BCUT2D eigenvalue weighted by atomic mass is 16.3. The molecule has 15 heavy (non-hydrogen) atoms. The quantitative estimate of drug-likeness (QED) is 0.403. The molecule has 0 atom stereocenters. The normalized spacial score (nSPS) is 11.2. The summed E-state index contributed by atoms with van der Waals surface area (Å²) >= 11 is 0. The molecule has 0 saturated carbocycles. The van der Waals surface area contributed by atoms with Gasteiger partial charge in [-0.1, -0.05) is 6.58 Å². The predicted molar refractivity (Wildman–Crippen MR) is 56.6 cm³/mol. The lowest BCUT2D eigenvalue weighted by molar-refractivity contribution is -0.109. The van der Waals surface area contributed by atoms with E-state index in [4.69, 9.17) is 5.11 Å². The van der Waals surface area contributed by atoms with E-state index in [-0.39, 0.29) is 5.71 Å². The number of anilines is 1. The number of rotatable bonds is 5. The van der Waals surface area contributed by atoms with E-state index in [0.717, 1.165) is 6.08 Å². The molecular formula is C9H12N4O2. The van der Waals surface area contributed by atoms with Crippen LogP contribution in [0.25, 0.3) is 0 Å². The number of aryl methyl sites for hydroxylation is 1. The maximum atomic E-state index is 11.1. The van der Waals surface area contributed by atoms with Crippen LogP contribution in [0.4, 0.5) is 5.69 Å².